The van der Waals surface area contributed by atoms with Gasteiger partial charge in [-0.1, -0.05) is 0 Å². The number of hydrogen-bond donors (Lipinski definition) is 1. The highest BCUT2D eigenvalue weighted by molar-refractivity contribution is 5.74. The molecule has 2 atom stereocenters. The van der Waals surface area contributed by atoms with Crippen LogP contribution in [-0.4, -0.2) is 28.9 Å². The fourth-order valence-electron chi connectivity index (χ4n) is 1.22. The summed E-state index contributed by atoms with van der Waals surface area (Å²) in [5, 5.41) is 9.36. The van der Waals surface area contributed by atoms with E-state index in [-0.39, 0.29) is 0 Å². The molecule has 1 heterocycles. The fourth-order valence-corrected chi connectivity index (χ4v) is 1.22. The molecule has 1 aromatic heterocycles. The summed E-state index contributed by atoms with van der Waals surface area (Å²) >= 11 is 0. The number of methoxy groups -OCH3 is 1. The lowest BCUT2D eigenvalue weighted by Crippen LogP contribution is -2.29. The van der Waals surface area contributed by atoms with Crippen molar-refractivity contribution in [3.05, 3.63) is 24.5 Å². The van der Waals surface area contributed by atoms with Gasteiger partial charge in [0.05, 0.1) is 13.2 Å². The maximum absolute atomic E-state index is 11.2. The van der Waals surface area contributed by atoms with Gasteiger partial charge < -0.3 is 14.4 Å². The SMILES string of the molecule is COC(=O)[C@H]([C@@H](C)O)n1cccc1. The average Bonchev–Trinajstić information content (AvgIpc) is 2.56. The Balaban J connectivity index is 2.87. The maximum Gasteiger partial charge on any atom is 0.331 e. The highest BCUT2D eigenvalue weighted by Gasteiger charge is 2.25. The Bertz CT molecular complexity index is 266. The second-order valence-corrected chi connectivity index (χ2v) is 2.84. The number of esters is 1. The first-order valence-electron chi connectivity index (χ1n) is 4.05. The van der Waals surface area contributed by atoms with Crippen LogP contribution in [0.25, 0.3) is 0 Å². The second kappa shape index (κ2) is 4.09. The van der Waals surface area contributed by atoms with Crippen molar-refractivity contribution in [3.8, 4) is 0 Å². The number of nitrogens with zero attached hydrogens (tertiary/aromatic N) is 1. The van der Waals surface area contributed by atoms with Crippen LogP contribution in [0.3, 0.4) is 0 Å². The van der Waals surface area contributed by atoms with E-state index < -0.39 is 18.1 Å². The minimum atomic E-state index is -0.764. The predicted molar refractivity (Wildman–Crippen MR) is 47.2 cm³/mol. The predicted octanol–water partition coefficient (Wildman–Crippen LogP) is 0.583. The lowest BCUT2D eigenvalue weighted by molar-refractivity contribution is -0.147. The monoisotopic (exact) mass is 183 g/mol. The smallest absolute Gasteiger partial charge is 0.331 e. The Morgan fingerprint density at radius 3 is 2.38 bits per heavy atom. The molecule has 0 spiro atoms. The summed E-state index contributed by atoms with van der Waals surface area (Å²) < 4.78 is 6.20. The van der Waals surface area contributed by atoms with Crippen molar-refractivity contribution in [2.45, 2.75) is 19.1 Å². The number of rotatable bonds is 3. The molecule has 1 N–H and O–H groups in total. The van der Waals surface area contributed by atoms with Crippen LogP contribution in [0.4, 0.5) is 0 Å². The number of aliphatic hydroxyl groups is 1. The van der Waals surface area contributed by atoms with Crippen LogP contribution in [0.2, 0.25) is 0 Å². The molecule has 0 aliphatic carbocycles. The van der Waals surface area contributed by atoms with Crippen molar-refractivity contribution >= 4 is 5.97 Å². The van der Waals surface area contributed by atoms with E-state index in [0.29, 0.717) is 0 Å². The van der Waals surface area contributed by atoms with Crippen molar-refractivity contribution in [2.24, 2.45) is 0 Å². The molecule has 0 saturated heterocycles. The molecule has 0 aliphatic heterocycles. The van der Waals surface area contributed by atoms with Gasteiger partial charge in [0.2, 0.25) is 0 Å². The fraction of sp³-hybridized carbons (Fsp3) is 0.444. The molecule has 0 unspecified atom stereocenters. The van der Waals surface area contributed by atoms with Crippen LogP contribution in [0.1, 0.15) is 13.0 Å². The molecule has 0 radical (unpaired) electrons. The summed E-state index contributed by atoms with van der Waals surface area (Å²) in [5.74, 6) is -0.439. The van der Waals surface area contributed by atoms with Gasteiger partial charge in [-0.3, -0.25) is 0 Å². The number of carbonyl (C=O) groups is 1. The number of aliphatic hydroxyl groups excluding tert-OH is 1. The van der Waals surface area contributed by atoms with Crippen LogP contribution in [0.15, 0.2) is 24.5 Å². The highest BCUT2D eigenvalue weighted by Crippen LogP contribution is 2.13. The summed E-state index contributed by atoms with van der Waals surface area (Å²) in [6.07, 6.45) is 2.67. The lowest BCUT2D eigenvalue weighted by atomic mass is 10.2. The van der Waals surface area contributed by atoms with E-state index in [9.17, 15) is 9.90 Å². The Kier molecular flexibility index (Phi) is 3.08. The summed E-state index contributed by atoms with van der Waals surface area (Å²) in [4.78, 5) is 11.2. The van der Waals surface area contributed by atoms with Crippen molar-refractivity contribution in [2.75, 3.05) is 7.11 Å². The van der Waals surface area contributed by atoms with E-state index in [2.05, 4.69) is 4.74 Å². The molecule has 1 rings (SSSR count). The zero-order valence-electron chi connectivity index (χ0n) is 7.68. The van der Waals surface area contributed by atoms with Gasteiger partial charge in [0.15, 0.2) is 6.04 Å². The molecule has 0 aromatic carbocycles. The minimum Gasteiger partial charge on any atom is -0.467 e. The average molecular weight is 183 g/mol. The number of ether oxygens (including phenoxy) is 1. The Hall–Kier alpha value is -1.29. The van der Waals surface area contributed by atoms with Crippen LogP contribution < -0.4 is 0 Å². The maximum atomic E-state index is 11.2. The summed E-state index contributed by atoms with van der Waals surface area (Å²) in [7, 11) is 1.31. The third-order valence-electron chi connectivity index (χ3n) is 1.85. The number of aromatic nitrogens is 1. The zero-order chi connectivity index (χ0) is 9.84. The molecule has 0 fully saturated rings. The Morgan fingerprint density at radius 2 is 2.00 bits per heavy atom. The first-order valence-corrected chi connectivity index (χ1v) is 4.05. The standard InChI is InChI=1S/C9H13NO3/c1-7(11)8(9(12)13-2)10-5-3-4-6-10/h3-8,11H,1-2H3/t7-,8+/m1/s1. The third kappa shape index (κ3) is 2.09. The van der Waals surface area contributed by atoms with E-state index in [1.54, 1.807) is 36.0 Å². The molecule has 13 heavy (non-hydrogen) atoms. The van der Waals surface area contributed by atoms with Gasteiger partial charge in [0.25, 0.3) is 0 Å². The van der Waals surface area contributed by atoms with Crippen molar-refractivity contribution in [3.63, 3.8) is 0 Å². The Morgan fingerprint density at radius 1 is 1.46 bits per heavy atom. The minimum absolute atomic E-state index is 0.439. The topological polar surface area (TPSA) is 51.5 Å². The first-order chi connectivity index (χ1) is 6.16. The third-order valence-corrected chi connectivity index (χ3v) is 1.85. The van der Waals surface area contributed by atoms with Gasteiger partial charge in [-0.15, -0.1) is 0 Å². The summed E-state index contributed by atoms with van der Waals surface area (Å²) in [5.41, 5.74) is 0. The highest BCUT2D eigenvalue weighted by atomic mass is 16.5. The number of carbonyl (C=O) groups excluding carboxylic acids is 1. The van der Waals surface area contributed by atoms with Gasteiger partial charge in [0, 0.05) is 12.4 Å². The summed E-state index contributed by atoms with van der Waals surface area (Å²) in [6, 6.07) is 2.93. The van der Waals surface area contributed by atoms with E-state index in [1.165, 1.54) is 7.11 Å². The largest absolute Gasteiger partial charge is 0.467 e. The molecule has 4 nitrogen and oxygen atoms in total. The van der Waals surface area contributed by atoms with Crippen LogP contribution in [0, 0.1) is 0 Å². The quantitative estimate of drug-likeness (QED) is 0.697. The molecular formula is C9H13NO3. The molecular weight excluding hydrogens is 170 g/mol. The normalized spacial score (nSPS) is 15.0. The molecule has 0 bridgehead atoms. The van der Waals surface area contributed by atoms with E-state index in [0.717, 1.165) is 0 Å². The van der Waals surface area contributed by atoms with E-state index in [4.69, 9.17) is 0 Å². The molecule has 4 heteroatoms. The Labute approximate surface area is 76.7 Å². The van der Waals surface area contributed by atoms with Gasteiger partial charge >= 0.3 is 5.97 Å². The second-order valence-electron chi connectivity index (χ2n) is 2.84. The van der Waals surface area contributed by atoms with Crippen molar-refractivity contribution in [1.29, 1.82) is 0 Å². The van der Waals surface area contributed by atoms with Gasteiger partial charge in [-0.05, 0) is 19.1 Å². The molecule has 0 amide bonds. The molecule has 1 aromatic rings. The number of hydrogen-bond acceptors (Lipinski definition) is 3. The first kappa shape index (κ1) is 9.80. The lowest BCUT2D eigenvalue weighted by Gasteiger charge is -2.18. The van der Waals surface area contributed by atoms with Crippen LogP contribution >= 0.6 is 0 Å². The molecule has 0 aliphatic rings. The molecule has 72 valence electrons. The van der Waals surface area contributed by atoms with Gasteiger partial charge in [-0.2, -0.15) is 0 Å². The van der Waals surface area contributed by atoms with E-state index in [1.807, 2.05) is 0 Å². The van der Waals surface area contributed by atoms with Crippen LogP contribution in [-0.2, 0) is 9.53 Å². The van der Waals surface area contributed by atoms with Gasteiger partial charge in [-0.25, -0.2) is 4.79 Å². The van der Waals surface area contributed by atoms with Crippen molar-refractivity contribution < 1.29 is 14.6 Å². The van der Waals surface area contributed by atoms with E-state index >= 15 is 0 Å². The summed E-state index contributed by atoms with van der Waals surface area (Å²) in [6.45, 7) is 1.56. The molecule has 0 saturated carbocycles. The van der Waals surface area contributed by atoms with Gasteiger partial charge in [0.1, 0.15) is 0 Å². The zero-order valence-corrected chi connectivity index (χ0v) is 7.68. The van der Waals surface area contributed by atoms with Crippen molar-refractivity contribution in [1.82, 2.24) is 4.57 Å². The van der Waals surface area contributed by atoms with Crippen LogP contribution in [0.5, 0.6) is 0 Å².